The number of carbonyl (C=O) groups excluding carboxylic acids is 1. The van der Waals surface area contributed by atoms with Crippen LogP contribution in [-0.4, -0.2) is 41.7 Å². The highest BCUT2D eigenvalue weighted by molar-refractivity contribution is 14.0. The van der Waals surface area contributed by atoms with Crippen molar-refractivity contribution in [3.63, 3.8) is 0 Å². The van der Waals surface area contributed by atoms with Crippen molar-refractivity contribution in [1.82, 2.24) is 15.6 Å². The van der Waals surface area contributed by atoms with E-state index in [1.165, 1.54) is 35.6 Å². The van der Waals surface area contributed by atoms with E-state index in [0.29, 0.717) is 35.2 Å². The van der Waals surface area contributed by atoms with Crippen LogP contribution < -0.4 is 10.6 Å². The minimum Gasteiger partial charge on any atom is -0.462 e. The number of esters is 1. The number of guanidine groups is 1. The summed E-state index contributed by atoms with van der Waals surface area (Å²) in [5.74, 6) is -0.218. The largest absolute Gasteiger partial charge is 0.462 e. The summed E-state index contributed by atoms with van der Waals surface area (Å²) in [6, 6.07) is 5.48. The molecule has 1 aromatic heterocycles. The number of ether oxygens (including phenoxy) is 1. The number of aliphatic hydroxyl groups is 1. The van der Waals surface area contributed by atoms with Crippen molar-refractivity contribution in [2.45, 2.75) is 39.8 Å². The van der Waals surface area contributed by atoms with E-state index in [1.54, 1.807) is 13.8 Å². The van der Waals surface area contributed by atoms with Gasteiger partial charge in [0.05, 0.1) is 31.0 Å². The van der Waals surface area contributed by atoms with Gasteiger partial charge in [0.1, 0.15) is 15.7 Å². The Balaban J connectivity index is 0.00000450. The first-order valence-electron chi connectivity index (χ1n) is 9.48. The lowest BCUT2D eigenvalue weighted by atomic mass is 10.1. The second kappa shape index (κ2) is 12.8. The van der Waals surface area contributed by atoms with Crippen LogP contribution in [0, 0.1) is 12.7 Å². The zero-order valence-electron chi connectivity index (χ0n) is 17.4. The maximum atomic E-state index is 13.0. The first-order chi connectivity index (χ1) is 13.8. The van der Waals surface area contributed by atoms with E-state index in [2.05, 4.69) is 20.6 Å². The summed E-state index contributed by atoms with van der Waals surface area (Å²) in [6.07, 6.45) is -0.848. The van der Waals surface area contributed by atoms with Gasteiger partial charge in [0.15, 0.2) is 5.96 Å². The fraction of sp³-hybridized carbons (Fsp3) is 0.450. The molecule has 0 saturated carbocycles. The van der Waals surface area contributed by atoms with Crippen molar-refractivity contribution in [3.8, 4) is 0 Å². The molecular formula is C20H28FIN4O3S. The van der Waals surface area contributed by atoms with Gasteiger partial charge in [0, 0.05) is 6.54 Å². The standard InChI is InChI=1S/C20H27FN4O3S.HI/c1-5-22-20(23-11-16(26)14-7-9-15(21)10-8-14)25-13(4)18-24-12(3)17(29-18)19(27)28-6-2;/h7-10,13,16,26H,5-6,11H2,1-4H3,(H2,22,23,25);1H. The van der Waals surface area contributed by atoms with Gasteiger partial charge in [0.2, 0.25) is 0 Å². The Labute approximate surface area is 197 Å². The number of aliphatic hydroxyl groups excluding tert-OH is 1. The minimum atomic E-state index is -0.848. The highest BCUT2D eigenvalue weighted by Gasteiger charge is 2.20. The van der Waals surface area contributed by atoms with E-state index in [1.807, 2.05) is 13.8 Å². The van der Waals surface area contributed by atoms with Gasteiger partial charge in [-0.05, 0) is 45.4 Å². The molecule has 0 radical (unpaired) electrons. The Morgan fingerprint density at radius 1 is 1.33 bits per heavy atom. The molecular weight excluding hydrogens is 522 g/mol. The molecule has 2 atom stereocenters. The smallest absolute Gasteiger partial charge is 0.350 e. The van der Waals surface area contributed by atoms with Gasteiger partial charge in [-0.1, -0.05) is 12.1 Å². The summed E-state index contributed by atoms with van der Waals surface area (Å²) >= 11 is 1.28. The molecule has 2 unspecified atom stereocenters. The van der Waals surface area contributed by atoms with E-state index in [0.717, 1.165) is 5.01 Å². The summed E-state index contributed by atoms with van der Waals surface area (Å²) in [5, 5.41) is 17.4. The Bertz CT molecular complexity index is 845. The first kappa shape index (κ1) is 26.2. The van der Waals surface area contributed by atoms with Crippen LogP contribution in [0.5, 0.6) is 0 Å². The lowest BCUT2D eigenvalue weighted by Crippen LogP contribution is -2.39. The van der Waals surface area contributed by atoms with Crippen LogP contribution in [-0.2, 0) is 4.74 Å². The second-order valence-electron chi connectivity index (χ2n) is 6.34. The predicted octanol–water partition coefficient (Wildman–Crippen LogP) is 3.74. The normalized spacial score (nSPS) is 13.2. The van der Waals surface area contributed by atoms with E-state index in [9.17, 15) is 14.3 Å². The number of nitrogens with one attached hydrogen (secondary N) is 2. The van der Waals surface area contributed by atoms with Gasteiger partial charge in [-0.2, -0.15) is 0 Å². The highest BCUT2D eigenvalue weighted by Crippen LogP contribution is 2.24. The molecule has 0 aliphatic rings. The van der Waals surface area contributed by atoms with E-state index in [-0.39, 0.29) is 48.3 Å². The number of hydrogen-bond acceptors (Lipinski definition) is 6. The summed E-state index contributed by atoms with van der Waals surface area (Å²) in [4.78, 5) is 21.4. The molecule has 30 heavy (non-hydrogen) atoms. The predicted molar refractivity (Wildman–Crippen MR) is 127 cm³/mol. The number of halogens is 2. The third-order valence-electron chi connectivity index (χ3n) is 4.02. The minimum absolute atomic E-state index is 0. The number of rotatable bonds is 8. The molecule has 2 rings (SSSR count). The van der Waals surface area contributed by atoms with Crippen LogP contribution in [0.15, 0.2) is 29.3 Å². The Kier molecular flexibility index (Phi) is 11.2. The van der Waals surface area contributed by atoms with Crippen LogP contribution in [0.1, 0.15) is 58.9 Å². The maximum absolute atomic E-state index is 13.0. The zero-order valence-corrected chi connectivity index (χ0v) is 20.6. The maximum Gasteiger partial charge on any atom is 0.350 e. The molecule has 7 nitrogen and oxygen atoms in total. The number of benzene rings is 1. The third-order valence-corrected chi connectivity index (χ3v) is 5.34. The Morgan fingerprint density at radius 2 is 2.00 bits per heavy atom. The number of nitrogens with zero attached hydrogens (tertiary/aromatic N) is 2. The van der Waals surface area contributed by atoms with Gasteiger partial charge in [0.25, 0.3) is 0 Å². The van der Waals surface area contributed by atoms with Crippen molar-refractivity contribution in [2.24, 2.45) is 4.99 Å². The van der Waals surface area contributed by atoms with Gasteiger partial charge < -0.3 is 20.5 Å². The molecule has 2 aromatic rings. The molecule has 1 aromatic carbocycles. The summed E-state index contributed by atoms with van der Waals surface area (Å²) in [6.45, 7) is 8.44. The number of aromatic nitrogens is 1. The van der Waals surface area contributed by atoms with E-state index in [4.69, 9.17) is 4.74 Å². The second-order valence-corrected chi connectivity index (χ2v) is 7.37. The van der Waals surface area contributed by atoms with Gasteiger partial charge in [-0.15, -0.1) is 35.3 Å². The number of thiazole rings is 1. The van der Waals surface area contributed by atoms with Crippen LogP contribution in [0.4, 0.5) is 4.39 Å². The summed E-state index contributed by atoms with van der Waals surface area (Å²) in [7, 11) is 0. The SMILES string of the molecule is CCNC(=NCC(O)c1ccc(F)cc1)NC(C)c1nc(C)c(C(=O)OCC)s1.I. The summed E-state index contributed by atoms with van der Waals surface area (Å²) in [5.41, 5.74) is 1.22. The molecule has 3 N–H and O–H groups in total. The molecule has 10 heteroatoms. The lowest BCUT2D eigenvalue weighted by molar-refractivity contribution is 0.0531. The highest BCUT2D eigenvalue weighted by atomic mass is 127. The molecule has 0 aliphatic heterocycles. The van der Waals surface area contributed by atoms with Crippen molar-refractivity contribution in [1.29, 1.82) is 0 Å². The average Bonchev–Trinajstić information content (AvgIpc) is 3.08. The van der Waals surface area contributed by atoms with E-state index < -0.39 is 6.10 Å². The van der Waals surface area contributed by atoms with Crippen LogP contribution >= 0.6 is 35.3 Å². The Morgan fingerprint density at radius 3 is 2.60 bits per heavy atom. The molecule has 0 bridgehead atoms. The van der Waals surface area contributed by atoms with Crippen LogP contribution in [0.3, 0.4) is 0 Å². The number of carbonyl (C=O) groups is 1. The molecule has 166 valence electrons. The topological polar surface area (TPSA) is 95.8 Å². The first-order valence-corrected chi connectivity index (χ1v) is 10.3. The Hall–Kier alpha value is -1.79. The molecule has 0 fully saturated rings. The number of aliphatic imine (C=N–C) groups is 1. The third kappa shape index (κ3) is 7.47. The fourth-order valence-corrected chi connectivity index (χ4v) is 3.51. The quantitative estimate of drug-likeness (QED) is 0.201. The molecule has 0 saturated heterocycles. The molecule has 0 amide bonds. The monoisotopic (exact) mass is 550 g/mol. The summed E-state index contributed by atoms with van der Waals surface area (Å²) < 4.78 is 18.1. The number of aryl methyl sites for hydroxylation is 1. The van der Waals surface area contributed by atoms with E-state index >= 15 is 0 Å². The molecule has 0 aliphatic carbocycles. The van der Waals surface area contributed by atoms with Gasteiger partial charge in [-0.3, -0.25) is 4.99 Å². The van der Waals surface area contributed by atoms with Gasteiger partial charge >= 0.3 is 5.97 Å². The van der Waals surface area contributed by atoms with Crippen molar-refractivity contribution in [3.05, 3.63) is 51.2 Å². The van der Waals surface area contributed by atoms with Gasteiger partial charge in [-0.25, -0.2) is 14.2 Å². The fourth-order valence-electron chi connectivity index (χ4n) is 2.54. The average molecular weight is 550 g/mol. The lowest BCUT2D eigenvalue weighted by Gasteiger charge is -2.17. The van der Waals surface area contributed by atoms with Crippen LogP contribution in [0.2, 0.25) is 0 Å². The van der Waals surface area contributed by atoms with Crippen molar-refractivity contribution in [2.75, 3.05) is 19.7 Å². The van der Waals surface area contributed by atoms with Crippen molar-refractivity contribution < 1.29 is 19.0 Å². The van der Waals surface area contributed by atoms with Crippen LogP contribution in [0.25, 0.3) is 0 Å². The zero-order chi connectivity index (χ0) is 21.4. The number of hydrogen-bond donors (Lipinski definition) is 3. The molecule has 1 heterocycles. The van der Waals surface area contributed by atoms with Crippen molar-refractivity contribution >= 4 is 47.2 Å². The molecule has 0 spiro atoms.